The van der Waals surface area contributed by atoms with Gasteiger partial charge in [-0.3, -0.25) is 4.57 Å². The fourth-order valence-corrected chi connectivity index (χ4v) is 2.42. The molecule has 1 aliphatic rings. The van der Waals surface area contributed by atoms with Gasteiger partial charge in [0.15, 0.2) is 17.2 Å². The SMILES string of the molecule is C#CC1(O)[C@@H](F)[C@@H](CO)O[C@H]1n1ccc(=S)[nH]c1=S. The van der Waals surface area contributed by atoms with Gasteiger partial charge in [-0.2, -0.15) is 0 Å². The van der Waals surface area contributed by atoms with Crippen LogP contribution >= 0.6 is 24.4 Å². The molecular formula is C11H11FN2O3S2. The summed E-state index contributed by atoms with van der Waals surface area (Å²) in [6.45, 7) is -0.599. The Morgan fingerprint density at radius 1 is 1.63 bits per heavy atom. The predicted octanol–water partition coefficient (Wildman–Crippen LogP) is 0.867. The van der Waals surface area contributed by atoms with Crippen molar-refractivity contribution in [1.82, 2.24) is 9.55 Å². The van der Waals surface area contributed by atoms with E-state index in [-0.39, 0.29) is 4.77 Å². The summed E-state index contributed by atoms with van der Waals surface area (Å²) in [5.41, 5.74) is -2.21. The first-order valence-corrected chi connectivity index (χ1v) is 6.17. The first kappa shape index (κ1) is 14.3. The number of terminal acetylenes is 1. The topological polar surface area (TPSA) is 70.4 Å². The molecule has 102 valence electrons. The lowest BCUT2D eigenvalue weighted by Crippen LogP contribution is -2.43. The Kier molecular flexibility index (Phi) is 3.85. The number of hydrogen-bond donors (Lipinski definition) is 3. The number of ether oxygens (including phenoxy) is 1. The molecule has 0 aliphatic carbocycles. The van der Waals surface area contributed by atoms with Gasteiger partial charge in [-0.25, -0.2) is 4.39 Å². The summed E-state index contributed by atoms with van der Waals surface area (Å²) in [4.78, 5) is 2.67. The molecule has 0 saturated carbocycles. The van der Waals surface area contributed by atoms with E-state index in [2.05, 4.69) is 4.98 Å². The molecule has 1 aliphatic heterocycles. The molecule has 0 amide bonds. The van der Waals surface area contributed by atoms with E-state index in [0.29, 0.717) is 4.64 Å². The molecule has 0 aromatic carbocycles. The van der Waals surface area contributed by atoms with Crippen LogP contribution in [0.25, 0.3) is 0 Å². The summed E-state index contributed by atoms with van der Waals surface area (Å²) in [6, 6.07) is 1.50. The predicted molar refractivity (Wildman–Crippen MR) is 70.1 cm³/mol. The largest absolute Gasteiger partial charge is 0.394 e. The molecule has 1 aromatic heterocycles. The monoisotopic (exact) mass is 302 g/mol. The zero-order valence-corrected chi connectivity index (χ0v) is 11.2. The molecule has 1 unspecified atom stereocenters. The number of H-pyrrole nitrogens is 1. The van der Waals surface area contributed by atoms with Crippen molar-refractivity contribution >= 4 is 24.4 Å². The second-order valence-electron chi connectivity index (χ2n) is 4.10. The minimum Gasteiger partial charge on any atom is -0.394 e. The van der Waals surface area contributed by atoms with Crippen molar-refractivity contribution in [2.45, 2.75) is 24.1 Å². The lowest BCUT2D eigenvalue weighted by molar-refractivity contribution is -0.0739. The minimum atomic E-state index is -2.21. The van der Waals surface area contributed by atoms with E-state index in [9.17, 15) is 9.50 Å². The number of rotatable bonds is 2. The smallest absolute Gasteiger partial charge is 0.204 e. The number of aliphatic hydroxyl groups is 2. The summed E-state index contributed by atoms with van der Waals surface area (Å²) in [5, 5.41) is 19.3. The van der Waals surface area contributed by atoms with Crippen molar-refractivity contribution in [1.29, 1.82) is 0 Å². The highest BCUT2D eigenvalue weighted by Gasteiger charge is 2.56. The molecule has 0 radical (unpaired) electrons. The van der Waals surface area contributed by atoms with Crippen LogP contribution in [0.2, 0.25) is 0 Å². The number of aromatic amines is 1. The van der Waals surface area contributed by atoms with E-state index in [1.807, 2.05) is 5.92 Å². The number of nitrogens with zero attached hydrogens (tertiary/aromatic N) is 1. The first-order valence-electron chi connectivity index (χ1n) is 5.36. The maximum absolute atomic E-state index is 14.0. The van der Waals surface area contributed by atoms with Gasteiger partial charge < -0.3 is 19.9 Å². The maximum atomic E-state index is 14.0. The molecule has 8 heteroatoms. The molecule has 1 fully saturated rings. The van der Waals surface area contributed by atoms with E-state index < -0.39 is 30.7 Å². The van der Waals surface area contributed by atoms with Gasteiger partial charge in [-0.05, 0) is 18.3 Å². The van der Waals surface area contributed by atoms with Crippen molar-refractivity contribution in [3.63, 3.8) is 0 Å². The van der Waals surface area contributed by atoms with E-state index in [4.69, 9.17) is 40.7 Å². The lowest BCUT2D eigenvalue weighted by atomic mass is 9.96. The maximum Gasteiger partial charge on any atom is 0.204 e. The Hall–Kier alpha value is -1.11. The Bertz CT molecular complexity index is 638. The Morgan fingerprint density at radius 3 is 2.84 bits per heavy atom. The highest BCUT2D eigenvalue weighted by molar-refractivity contribution is 7.72. The third-order valence-electron chi connectivity index (χ3n) is 2.94. The normalized spacial score (nSPS) is 34.1. The van der Waals surface area contributed by atoms with Crippen molar-refractivity contribution in [2.24, 2.45) is 0 Å². The third kappa shape index (κ3) is 2.24. The van der Waals surface area contributed by atoms with Gasteiger partial charge in [0.2, 0.25) is 5.60 Å². The molecule has 4 atom stereocenters. The minimum absolute atomic E-state index is 0.136. The molecule has 19 heavy (non-hydrogen) atoms. The van der Waals surface area contributed by atoms with Crippen molar-refractivity contribution in [3.8, 4) is 12.3 Å². The second-order valence-corrected chi connectivity index (χ2v) is 4.92. The first-order chi connectivity index (χ1) is 8.93. The average molecular weight is 302 g/mol. The number of nitrogens with one attached hydrogen (secondary N) is 1. The van der Waals surface area contributed by atoms with Crippen LogP contribution in [-0.4, -0.2) is 44.2 Å². The lowest BCUT2D eigenvalue weighted by Gasteiger charge is -2.26. The number of alkyl halides is 1. The number of aliphatic hydroxyl groups excluding tert-OH is 1. The van der Waals surface area contributed by atoms with Crippen LogP contribution in [0.15, 0.2) is 12.3 Å². The van der Waals surface area contributed by atoms with E-state index in [1.165, 1.54) is 16.8 Å². The van der Waals surface area contributed by atoms with Gasteiger partial charge in [-0.15, -0.1) is 6.42 Å². The fourth-order valence-electron chi connectivity index (χ4n) is 1.93. The van der Waals surface area contributed by atoms with Crippen LogP contribution in [0.1, 0.15) is 6.23 Å². The summed E-state index contributed by atoms with van der Waals surface area (Å²) in [7, 11) is 0. The highest BCUT2D eigenvalue weighted by atomic mass is 32.1. The quantitative estimate of drug-likeness (QED) is 0.558. The summed E-state index contributed by atoms with van der Waals surface area (Å²) in [5.74, 6) is 1.98. The third-order valence-corrected chi connectivity index (χ3v) is 3.49. The van der Waals surface area contributed by atoms with Crippen LogP contribution in [-0.2, 0) is 4.74 Å². The van der Waals surface area contributed by atoms with Gasteiger partial charge in [-0.1, -0.05) is 18.1 Å². The van der Waals surface area contributed by atoms with Crippen LogP contribution in [0.4, 0.5) is 4.39 Å². The summed E-state index contributed by atoms with van der Waals surface area (Å²) in [6.07, 6.45) is 2.29. The van der Waals surface area contributed by atoms with Gasteiger partial charge in [0.05, 0.1) is 6.61 Å². The molecule has 3 N–H and O–H groups in total. The highest BCUT2D eigenvalue weighted by Crippen LogP contribution is 2.39. The molecule has 0 spiro atoms. The Balaban J connectivity index is 2.52. The number of halogens is 1. The number of hydrogen-bond acceptors (Lipinski definition) is 5. The molecular weight excluding hydrogens is 291 g/mol. The molecule has 2 heterocycles. The summed E-state index contributed by atoms with van der Waals surface area (Å²) < 4.78 is 21.1. The molecule has 1 aromatic rings. The van der Waals surface area contributed by atoms with Gasteiger partial charge in [0, 0.05) is 6.20 Å². The zero-order chi connectivity index (χ0) is 14.2. The van der Waals surface area contributed by atoms with Crippen molar-refractivity contribution < 1.29 is 19.3 Å². The van der Waals surface area contributed by atoms with Crippen LogP contribution in [0.3, 0.4) is 0 Å². The molecule has 0 bridgehead atoms. The van der Waals surface area contributed by atoms with Crippen molar-refractivity contribution in [3.05, 3.63) is 21.7 Å². The summed E-state index contributed by atoms with van der Waals surface area (Å²) >= 11 is 9.93. The number of aromatic nitrogens is 2. The second kappa shape index (κ2) is 5.11. The Morgan fingerprint density at radius 2 is 2.32 bits per heavy atom. The molecule has 5 nitrogen and oxygen atoms in total. The molecule has 2 rings (SSSR count). The van der Waals surface area contributed by atoms with Crippen LogP contribution in [0.5, 0.6) is 0 Å². The van der Waals surface area contributed by atoms with E-state index in [0.717, 1.165) is 0 Å². The van der Waals surface area contributed by atoms with E-state index >= 15 is 0 Å². The standard InChI is InChI=1S/C11H11FN2O3S2/c1-2-11(16)8(12)6(5-15)17-9(11)14-4-3-7(18)13-10(14)19/h1,3-4,6,8-9,15-16H,5H2,(H,13,18,19)/t6-,8+,9-,11?/m1/s1. The zero-order valence-electron chi connectivity index (χ0n) is 9.62. The molecule has 1 saturated heterocycles. The van der Waals surface area contributed by atoms with E-state index in [1.54, 1.807) is 0 Å². The fraction of sp³-hybridized carbons (Fsp3) is 0.455. The van der Waals surface area contributed by atoms with Crippen molar-refractivity contribution in [2.75, 3.05) is 6.61 Å². The Labute approximate surface area is 118 Å². The van der Waals surface area contributed by atoms with Gasteiger partial charge in [0.25, 0.3) is 0 Å². The van der Waals surface area contributed by atoms with Crippen LogP contribution in [0, 0.1) is 21.8 Å². The average Bonchev–Trinajstić information content (AvgIpc) is 2.63. The van der Waals surface area contributed by atoms with Gasteiger partial charge in [0.1, 0.15) is 10.7 Å². The van der Waals surface area contributed by atoms with Gasteiger partial charge >= 0.3 is 0 Å². The van der Waals surface area contributed by atoms with Crippen LogP contribution < -0.4 is 0 Å².